The number of hydrogen-bond donors (Lipinski definition) is 1. The van der Waals surface area contributed by atoms with Gasteiger partial charge >= 0.3 is 0 Å². The molecule has 0 unspecified atom stereocenters. The molecule has 0 aromatic heterocycles. The van der Waals surface area contributed by atoms with Crippen molar-refractivity contribution < 1.29 is 13.2 Å². The van der Waals surface area contributed by atoms with Gasteiger partial charge in [-0.1, -0.05) is 54.9 Å². The fraction of sp³-hybridized carbons (Fsp3) is 0.316. The van der Waals surface area contributed by atoms with Crippen LogP contribution in [0.2, 0.25) is 5.02 Å². The lowest BCUT2D eigenvalue weighted by atomic mass is 10.0. The van der Waals surface area contributed by atoms with Crippen molar-refractivity contribution in [3.63, 3.8) is 0 Å². The topological polar surface area (TPSA) is 66.5 Å². The minimum absolute atomic E-state index is 0.188. The average molecular weight is 395 g/mol. The second kappa shape index (κ2) is 8.56. The summed E-state index contributed by atoms with van der Waals surface area (Å²) in [6.07, 6.45) is 1.77. The molecule has 0 bridgehead atoms. The summed E-state index contributed by atoms with van der Waals surface area (Å²) in [6, 6.07) is 14.9. The van der Waals surface area contributed by atoms with Gasteiger partial charge in [-0.05, 0) is 37.1 Å². The highest BCUT2D eigenvalue weighted by Crippen LogP contribution is 2.25. The van der Waals surface area contributed by atoms with Crippen LogP contribution in [0.25, 0.3) is 0 Å². The van der Waals surface area contributed by atoms with Gasteiger partial charge in [-0.3, -0.25) is 9.10 Å². The van der Waals surface area contributed by atoms with E-state index in [-0.39, 0.29) is 11.9 Å². The zero-order valence-corrected chi connectivity index (χ0v) is 16.6. The molecule has 0 aliphatic heterocycles. The number of carbonyl (C=O) groups excluding carboxylic acids is 1. The normalized spacial score (nSPS) is 13.7. The van der Waals surface area contributed by atoms with Crippen molar-refractivity contribution in [2.45, 2.75) is 32.4 Å². The van der Waals surface area contributed by atoms with Crippen molar-refractivity contribution in [2.75, 3.05) is 10.6 Å². The van der Waals surface area contributed by atoms with Gasteiger partial charge in [0.2, 0.25) is 15.9 Å². The van der Waals surface area contributed by atoms with Gasteiger partial charge in [0.1, 0.15) is 6.04 Å². The summed E-state index contributed by atoms with van der Waals surface area (Å²) in [4.78, 5) is 12.8. The van der Waals surface area contributed by atoms with Crippen molar-refractivity contribution in [2.24, 2.45) is 0 Å². The Morgan fingerprint density at radius 1 is 1.15 bits per heavy atom. The molecule has 1 amide bonds. The van der Waals surface area contributed by atoms with Crippen molar-refractivity contribution in [1.29, 1.82) is 0 Å². The molecule has 0 spiro atoms. The molecule has 0 heterocycles. The molecular weight excluding hydrogens is 372 g/mol. The van der Waals surface area contributed by atoms with Crippen LogP contribution in [-0.4, -0.2) is 26.6 Å². The Bertz CT molecular complexity index is 856. The molecule has 5 nitrogen and oxygen atoms in total. The van der Waals surface area contributed by atoms with Crippen LogP contribution in [0.4, 0.5) is 5.69 Å². The maximum Gasteiger partial charge on any atom is 0.244 e. The summed E-state index contributed by atoms with van der Waals surface area (Å²) >= 11 is 5.99. The third-order valence-corrected chi connectivity index (χ3v) is 5.55. The van der Waals surface area contributed by atoms with E-state index in [2.05, 4.69) is 5.32 Å². The standard InChI is InChI=1S/C19H23ClN2O3S/c1-4-18(15-9-6-5-7-10-15)21-19(23)14(2)22(26(3,24)25)17-12-8-11-16(20)13-17/h5-14,18H,4H2,1-3H3,(H,21,23)/t14-,18-/m1/s1. The zero-order chi connectivity index (χ0) is 19.3. The largest absolute Gasteiger partial charge is 0.347 e. The van der Waals surface area contributed by atoms with Crippen molar-refractivity contribution in [3.05, 3.63) is 65.2 Å². The van der Waals surface area contributed by atoms with Gasteiger partial charge in [0.05, 0.1) is 18.0 Å². The number of halogens is 1. The number of hydrogen-bond acceptors (Lipinski definition) is 3. The lowest BCUT2D eigenvalue weighted by Crippen LogP contribution is -2.48. The van der Waals surface area contributed by atoms with Gasteiger partial charge in [0, 0.05) is 5.02 Å². The van der Waals surface area contributed by atoms with E-state index in [1.165, 1.54) is 6.07 Å². The molecule has 0 radical (unpaired) electrons. The van der Waals surface area contributed by atoms with Crippen LogP contribution in [0.15, 0.2) is 54.6 Å². The summed E-state index contributed by atoms with van der Waals surface area (Å²) in [7, 11) is -3.67. The van der Waals surface area contributed by atoms with Crippen LogP contribution in [0, 0.1) is 0 Å². The molecule has 0 aliphatic carbocycles. The van der Waals surface area contributed by atoms with Crippen LogP contribution in [0.5, 0.6) is 0 Å². The first-order valence-electron chi connectivity index (χ1n) is 8.34. The highest BCUT2D eigenvalue weighted by atomic mass is 35.5. The summed E-state index contributed by atoms with van der Waals surface area (Å²) in [5.41, 5.74) is 1.33. The molecule has 0 fully saturated rings. The van der Waals surface area contributed by atoms with Gasteiger partial charge in [-0.25, -0.2) is 8.42 Å². The van der Waals surface area contributed by atoms with E-state index < -0.39 is 16.1 Å². The first-order valence-corrected chi connectivity index (χ1v) is 10.6. The number of nitrogens with zero attached hydrogens (tertiary/aromatic N) is 1. The van der Waals surface area contributed by atoms with Crippen molar-refractivity contribution in [3.8, 4) is 0 Å². The first kappa shape index (κ1) is 20.3. The van der Waals surface area contributed by atoms with Crippen molar-refractivity contribution in [1.82, 2.24) is 5.32 Å². The second-order valence-corrected chi connectivity index (χ2v) is 8.39. The van der Waals surface area contributed by atoms with Gasteiger partial charge < -0.3 is 5.32 Å². The summed E-state index contributed by atoms with van der Waals surface area (Å²) in [5.74, 6) is -0.369. The molecule has 0 aliphatic rings. The van der Waals surface area contributed by atoms with Crippen molar-refractivity contribution >= 4 is 33.2 Å². The fourth-order valence-corrected chi connectivity index (χ4v) is 4.17. The second-order valence-electron chi connectivity index (χ2n) is 6.09. The SMILES string of the molecule is CC[C@@H](NC(=O)[C@@H](C)N(c1cccc(Cl)c1)S(C)(=O)=O)c1ccccc1. The highest BCUT2D eigenvalue weighted by Gasteiger charge is 2.30. The Labute approximate surface area is 160 Å². The quantitative estimate of drug-likeness (QED) is 0.777. The van der Waals surface area contributed by atoms with E-state index in [1.807, 2.05) is 37.3 Å². The molecule has 2 atom stereocenters. The van der Waals surface area contributed by atoms with Gasteiger partial charge in [0.15, 0.2) is 0 Å². The molecule has 7 heteroatoms. The van der Waals surface area contributed by atoms with E-state index in [0.29, 0.717) is 17.1 Å². The van der Waals surface area contributed by atoms with Gasteiger partial charge in [-0.15, -0.1) is 0 Å². The highest BCUT2D eigenvalue weighted by molar-refractivity contribution is 7.92. The summed E-state index contributed by atoms with van der Waals surface area (Å²) in [5, 5.41) is 3.34. The maximum atomic E-state index is 12.8. The van der Waals surface area contributed by atoms with Crippen LogP contribution in [0.1, 0.15) is 31.9 Å². The molecule has 140 valence electrons. The van der Waals surface area contributed by atoms with Crippen LogP contribution < -0.4 is 9.62 Å². The van der Waals surface area contributed by atoms with E-state index in [9.17, 15) is 13.2 Å². The number of nitrogens with one attached hydrogen (secondary N) is 1. The lowest BCUT2D eigenvalue weighted by Gasteiger charge is -2.30. The van der Waals surface area contributed by atoms with E-state index in [4.69, 9.17) is 11.6 Å². The van der Waals surface area contributed by atoms with E-state index >= 15 is 0 Å². The third kappa shape index (κ3) is 4.99. The predicted molar refractivity (Wildman–Crippen MR) is 106 cm³/mol. The molecule has 26 heavy (non-hydrogen) atoms. The Kier molecular flexibility index (Phi) is 6.67. The Balaban J connectivity index is 2.28. The minimum Gasteiger partial charge on any atom is -0.347 e. The Morgan fingerprint density at radius 3 is 2.35 bits per heavy atom. The molecule has 0 saturated heterocycles. The van der Waals surface area contributed by atoms with E-state index in [1.54, 1.807) is 25.1 Å². The number of sulfonamides is 1. The smallest absolute Gasteiger partial charge is 0.244 e. The Morgan fingerprint density at radius 2 is 1.81 bits per heavy atom. The summed E-state index contributed by atoms with van der Waals surface area (Å²) in [6.45, 7) is 3.53. The van der Waals surface area contributed by atoms with Gasteiger partial charge in [0.25, 0.3) is 0 Å². The molecule has 0 saturated carbocycles. The monoisotopic (exact) mass is 394 g/mol. The molecule has 1 N–H and O–H groups in total. The number of amides is 1. The Hall–Kier alpha value is -2.05. The summed E-state index contributed by atoms with van der Waals surface area (Å²) < 4.78 is 25.7. The predicted octanol–water partition coefficient (Wildman–Crippen LogP) is 3.76. The number of benzene rings is 2. The average Bonchev–Trinajstić information content (AvgIpc) is 2.59. The van der Waals surface area contributed by atoms with Gasteiger partial charge in [-0.2, -0.15) is 0 Å². The maximum absolute atomic E-state index is 12.8. The lowest BCUT2D eigenvalue weighted by molar-refractivity contribution is -0.122. The zero-order valence-electron chi connectivity index (χ0n) is 15.0. The molecule has 2 rings (SSSR count). The number of anilines is 1. The molecule has 2 aromatic carbocycles. The number of carbonyl (C=O) groups is 1. The van der Waals surface area contributed by atoms with Crippen LogP contribution in [-0.2, 0) is 14.8 Å². The molecular formula is C19H23ClN2O3S. The minimum atomic E-state index is -3.67. The van der Waals surface area contributed by atoms with Crippen LogP contribution in [0.3, 0.4) is 0 Å². The third-order valence-electron chi connectivity index (χ3n) is 4.08. The van der Waals surface area contributed by atoms with Crippen LogP contribution >= 0.6 is 11.6 Å². The fourth-order valence-electron chi connectivity index (χ4n) is 2.82. The molecule has 2 aromatic rings. The first-order chi connectivity index (χ1) is 12.2. The number of rotatable bonds is 7. The van der Waals surface area contributed by atoms with E-state index in [0.717, 1.165) is 16.1 Å².